The molecule has 0 bridgehead atoms. The van der Waals surface area contributed by atoms with Crippen molar-refractivity contribution in [3.63, 3.8) is 0 Å². The minimum absolute atomic E-state index is 0.214. The number of halogens is 1. The third-order valence-corrected chi connectivity index (χ3v) is 6.20. The lowest BCUT2D eigenvalue weighted by Crippen LogP contribution is -2.32. The Balaban J connectivity index is 1.85. The average Bonchev–Trinajstić information content (AvgIpc) is 3.00. The van der Waals surface area contributed by atoms with E-state index >= 15 is 0 Å². The number of hydrogen-bond acceptors (Lipinski definition) is 4. The van der Waals surface area contributed by atoms with E-state index < -0.39 is 5.91 Å². The first kappa shape index (κ1) is 22.6. The lowest BCUT2D eigenvalue weighted by Gasteiger charge is -2.17. The fourth-order valence-corrected chi connectivity index (χ4v) is 4.23. The Bertz CT molecular complexity index is 1330. The number of anilines is 2. The lowest BCUT2D eigenvalue weighted by atomic mass is 9.97. The molecule has 0 radical (unpaired) electrons. The van der Waals surface area contributed by atoms with E-state index in [1.165, 1.54) is 12.0 Å². The first-order valence-corrected chi connectivity index (χ1v) is 11.0. The molecule has 3 aromatic carbocycles. The molecule has 4 rings (SSSR count). The second-order valence-corrected chi connectivity index (χ2v) is 8.66. The highest BCUT2D eigenvalue weighted by molar-refractivity contribution is 6.46. The van der Waals surface area contributed by atoms with Gasteiger partial charge in [-0.2, -0.15) is 0 Å². The summed E-state index contributed by atoms with van der Waals surface area (Å²) in [4.78, 5) is 28.5. The van der Waals surface area contributed by atoms with Gasteiger partial charge in [-0.15, -0.1) is 0 Å². The predicted molar refractivity (Wildman–Crippen MR) is 133 cm³/mol. The number of nitrogens with zero attached hydrogens (tertiary/aromatic N) is 1. The third-order valence-electron chi connectivity index (χ3n) is 5.90. The molecule has 0 saturated heterocycles. The van der Waals surface area contributed by atoms with E-state index in [-0.39, 0.29) is 11.6 Å². The zero-order chi connectivity index (χ0) is 23.9. The molecule has 1 aliphatic heterocycles. The number of benzene rings is 3. The minimum atomic E-state index is -0.412. The summed E-state index contributed by atoms with van der Waals surface area (Å²) in [5.74, 6) is -0.251. The predicted octanol–water partition coefficient (Wildman–Crippen LogP) is 5.98. The van der Waals surface area contributed by atoms with Crippen LogP contribution in [0.25, 0.3) is 5.57 Å². The molecule has 3 aromatic rings. The van der Waals surface area contributed by atoms with Gasteiger partial charge in [-0.1, -0.05) is 41.4 Å². The topological polar surface area (TPSA) is 58.6 Å². The van der Waals surface area contributed by atoms with Crippen molar-refractivity contribution in [2.24, 2.45) is 0 Å². The molecule has 1 N–H and O–H groups in total. The molecular weight excluding hydrogens is 436 g/mol. The summed E-state index contributed by atoms with van der Waals surface area (Å²) in [7, 11) is 1.54. The summed E-state index contributed by atoms with van der Waals surface area (Å²) in [6, 6.07) is 16.5. The van der Waals surface area contributed by atoms with E-state index in [1.807, 2.05) is 58.0 Å². The van der Waals surface area contributed by atoms with Crippen molar-refractivity contribution in [3.8, 4) is 5.75 Å². The van der Waals surface area contributed by atoms with E-state index in [2.05, 4.69) is 5.32 Å². The molecule has 0 saturated carbocycles. The monoisotopic (exact) mass is 460 g/mol. The van der Waals surface area contributed by atoms with Crippen molar-refractivity contribution in [1.82, 2.24) is 0 Å². The molecule has 1 aliphatic rings. The first-order chi connectivity index (χ1) is 15.7. The van der Waals surface area contributed by atoms with Gasteiger partial charge in [-0.3, -0.25) is 9.59 Å². The second kappa shape index (κ2) is 8.75. The van der Waals surface area contributed by atoms with Gasteiger partial charge in [-0.25, -0.2) is 4.90 Å². The van der Waals surface area contributed by atoms with Crippen molar-refractivity contribution in [1.29, 1.82) is 0 Å². The molecule has 0 atom stereocenters. The van der Waals surface area contributed by atoms with Gasteiger partial charge >= 0.3 is 0 Å². The van der Waals surface area contributed by atoms with Crippen LogP contribution in [0.1, 0.15) is 27.8 Å². The maximum absolute atomic E-state index is 13.7. The Morgan fingerprint density at radius 3 is 2.21 bits per heavy atom. The van der Waals surface area contributed by atoms with Gasteiger partial charge in [0.15, 0.2) is 0 Å². The van der Waals surface area contributed by atoms with Crippen LogP contribution in [0.5, 0.6) is 5.75 Å². The van der Waals surface area contributed by atoms with Crippen LogP contribution in [0.4, 0.5) is 11.4 Å². The number of carbonyl (C=O) groups excluding carboxylic acids is 2. The molecule has 0 aromatic heterocycles. The van der Waals surface area contributed by atoms with Crippen LogP contribution in [0.15, 0.2) is 60.3 Å². The summed E-state index contributed by atoms with van der Waals surface area (Å²) in [5.41, 5.74) is 6.48. The van der Waals surface area contributed by atoms with Gasteiger partial charge in [-0.05, 0) is 80.3 Å². The number of nitrogens with one attached hydrogen (secondary N) is 1. The number of rotatable bonds is 5. The standard InChI is InChI=1S/C27H25ClN2O3/c1-15-6-10-21(18(4)12-15)24-25(29-19-8-11-23(33-5)22(28)14-19)27(32)30(26(24)31)20-9-7-16(2)17(3)13-20/h6-14,29H,1-5H3. The Hall–Kier alpha value is -3.57. The largest absolute Gasteiger partial charge is 0.495 e. The Morgan fingerprint density at radius 1 is 0.818 bits per heavy atom. The normalized spacial score (nSPS) is 13.7. The maximum Gasteiger partial charge on any atom is 0.282 e. The third kappa shape index (κ3) is 4.12. The molecule has 168 valence electrons. The molecule has 1 heterocycles. The Morgan fingerprint density at radius 2 is 1.58 bits per heavy atom. The highest BCUT2D eigenvalue weighted by atomic mass is 35.5. The highest BCUT2D eigenvalue weighted by Gasteiger charge is 2.40. The molecule has 33 heavy (non-hydrogen) atoms. The Kier molecular flexibility index (Phi) is 6.00. The number of amides is 2. The zero-order valence-corrected chi connectivity index (χ0v) is 20.0. The second-order valence-electron chi connectivity index (χ2n) is 8.26. The van der Waals surface area contributed by atoms with Gasteiger partial charge in [0.1, 0.15) is 11.4 Å². The number of imide groups is 1. The van der Waals surface area contributed by atoms with Crippen molar-refractivity contribution in [2.45, 2.75) is 27.7 Å². The summed E-state index contributed by atoms with van der Waals surface area (Å²) >= 11 is 6.29. The average molecular weight is 461 g/mol. The minimum Gasteiger partial charge on any atom is -0.495 e. The van der Waals surface area contributed by atoms with E-state index in [9.17, 15) is 9.59 Å². The van der Waals surface area contributed by atoms with E-state index in [4.69, 9.17) is 16.3 Å². The number of ether oxygens (including phenoxy) is 1. The number of aryl methyl sites for hydroxylation is 4. The molecule has 0 unspecified atom stereocenters. The van der Waals surface area contributed by atoms with Crippen molar-refractivity contribution in [2.75, 3.05) is 17.3 Å². The van der Waals surface area contributed by atoms with Crippen LogP contribution in [-0.2, 0) is 9.59 Å². The summed E-state index contributed by atoms with van der Waals surface area (Å²) in [6.45, 7) is 7.88. The summed E-state index contributed by atoms with van der Waals surface area (Å²) in [5, 5.41) is 3.56. The molecule has 0 aliphatic carbocycles. The van der Waals surface area contributed by atoms with Gasteiger partial charge in [0.2, 0.25) is 0 Å². The highest BCUT2D eigenvalue weighted by Crippen LogP contribution is 2.36. The number of methoxy groups -OCH3 is 1. The van der Waals surface area contributed by atoms with Crippen LogP contribution in [0.2, 0.25) is 5.02 Å². The molecule has 6 heteroatoms. The van der Waals surface area contributed by atoms with Gasteiger partial charge in [0, 0.05) is 5.69 Å². The first-order valence-electron chi connectivity index (χ1n) is 10.6. The van der Waals surface area contributed by atoms with Crippen LogP contribution in [0.3, 0.4) is 0 Å². The number of hydrogen-bond donors (Lipinski definition) is 1. The van der Waals surface area contributed by atoms with E-state index in [0.717, 1.165) is 22.3 Å². The van der Waals surface area contributed by atoms with Crippen LogP contribution in [-0.4, -0.2) is 18.9 Å². The van der Waals surface area contributed by atoms with Crippen LogP contribution in [0, 0.1) is 27.7 Å². The molecule has 0 spiro atoms. The van der Waals surface area contributed by atoms with Gasteiger partial charge < -0.3 is 10.1 Å². The zero-order valence-electron chi connectivity index (χ0n) is 19.2. The molecule has 2 amide bonds. The quantitative estimate of drug-likeness (QED) is 0.476. The summed E-state index contributed by atoms with van der Waals surface area (Å²) < 4.78 is 5.22. The fraction of sp³-hybridized carbons (Fsp3) is 0.185. The smallest absolute Gasteiger partial charge is 0.282 e. The van der Waals surface area contributed by atoms with Crippen LogP contribution >= 0.6 is 11.6 Å². The van der Waals surface area contributed by atoms with Crippen molar-refractivity contribution in [3.05, 3.63) is 93.1 Å². The van der Waals surface area contributed by atoms with Gasteiger partial charge in [0.25, 0.3) is 11.8 Å². The van der Waals surface area contributed by atoms with Crippen molar-refractivity contribution >= 4 is 40.4 Å². The van der Waals surface area contributed by atoms with E-state index in [0.29, 0.717) is 33.3 Å². The molecule has 0 fully saturated rings. The molecule has 5 nitrogen and oxygen atoms in total. The number of carbonyl (C=O) groups is 2. The van der Waals surface area contributed by atoms with Gasteiger partial charge in [0.05, 0.1) is 23.4 Å². The molecular formula is C27H25ClN2O3. The SMILES string of the molecule is COc1ccc(NC2=C(c3ccc(C)cc3C)C(=O)N(c3ccc(C)c(C)c3)C2=O)cc1Cl. The Labute approximate surface area is 198 Å². The van der Waals surface area contributed by atoms with Crippen molar-refractivity contribution < 1.29 is 14.3 Å². The van der Waals surface area contributed by atoms with E-state index in [1.54, 1.807) is 24.3 Å². The lowest BCUT2D eigenvalue weighted by molar-refractivity contribution is -0.120. The summed E-state index contributed by atoms with van der Waals surface area (Å²) in [6.07, 6.45) is 0. The van der Waals surface area contributed by atoms with Crippen LogP contribution < -0.4 is 15.0 Å². The maximum atomic E-state index is 13.7. The fourth-order valence-electron chi connectivity index (χ4n) is 3.98.